The molecule has 1 aliphatic heterocycles. The van der Waals surface area contributed by atoms with Crippen LogP contribution in [-0.2, 0) is 4.79 Å². The van der Waals surface area contributed by atoms with Gasteiger partial charge >= 0.3 is 0 Å². The fourth-order valence-electron chi connectivity index (χ4n) is 3.71. The number of rotatable bonds is 3. The lowest BCUT2D eigenvalue weighted by Gasteiger charge is -2.31. The van der Waals surface area contributed by atoms with E-state index < -0.39 is 22.7 Å². The fourth-order valence-corrected chi connectivity index (χ4v) is 3.71. The summed E-state index contributed by atoms with van der Waals surface area (Å²) in [5.74, 6) is -1.25. The maximum atomic E-state index is 13.6. The third-order valence-electron chi connectivity index (χ3n) is 5.17. The second kappa shape index (κ2) is 7.98. The Labute approximate surface area is 177 Å². The SMILES string of the molecule is Cc1ccc2c(c1)[C@@H](c1ccc(F)cc1)N(C(=O)c1ccc([N+](=O)[O-])cc1)CC(=O)N2. The lowest BCUT2D eigenvalue weighted by molar-refractivity contribution is -0.384. The number of carbonyl (C=O) groups excluding carboxylic acids is 2. The minimum atomic E-state index is -0.655. The number of nitrogens with one attached hydrogen (secondary N) is 1. The molecule has 0 bridgehead atoms. The maximum Gasteiger partial charge on any atom is 0.269 e. The first kappa shape index (κ1) is 20.2. The van der Waals surface area contributed by atoms with Crippen molar-refractivity contribution in [1.29, 1.82) is 0 Å². The number of non-ortho nitro benzene ring substituents is 1. The highest BCUT2D eigenvalue weighted by Crippen LogP contribution is 2.37. The average molecular weight is 419 g/mol. The summed E-state index contributed by atoms with van der Waals surface area (Å²) in [5, 5.41) is 13.8. The van der Waals surface area contributed by atoms with E-state index >= 15 is 0 Å². The Morgan fingerprint density at radius 1 is 1.10 bits per heavy atom. The number of aryl methyl sites for hydroxylation is 1. The first-order valence-electron chi connectivity index (χ1n) is 9.55. The zero-order valence-electron chi connectivity index (χ0n) is 16.5. The minimum absolute atomic E-state index is 0.138. The number of fused-ring (bicyclic) bond motifs is 1. The van der Waals surface area contributed by atoms with Gasteiger partial charge in [-0.15, -0.1) is 0 Å². The van der Waals surface area contributed by atoms with Gasteiger partial charge in [-0.2, -0.15) is 0 Å². The van der Waals surface area contributed by atoms with Gasteiger partial charge in [-0.3, -0.25) is 19.7 Å². The number of nitrogens with zero attached hydrogens (tertiary/aromatic N) is 2. The molecule has 1 aliphatic rings. The van der Waals surface area contributed by atoms with Crippen LogP contribution < -0.4 is 5.32 Å². The molecule has 1 heterocycles. The van der Waals surface area contributed by atoms with Crippen molar-refractivity contribution in [3.8, 4) is 0 Å². The van der Waals surface area contributed by atoms with E-state index in [2.05, 4.69) is 5.32 Å². The second-order valence-electron chi connectivity index (χ2n) is 7.33. The molecule has 0 saturated carbocycles. The average Bonchev–Trinajstić information content (AvgIpc) is 2.89. The minimum Gasteiger partial charge on any atom is -0.324 e. The van der Waals surface area contributed by atoms with Crippen LogP contribution in [0.5, 0.6) is 0 Å². The molecule has 4 rings (SSSR count). The van der Waals surface area contributed by atoms with Crippen molar-refractivity contribution in [2.24, 2.45) is 0 Å². The number of nitro groups is 1. The van der Waals surface area contributed by atoms with Gasteiger partial charge in [0, 0.05) is 28.9 Å². The summed E-state index contributed by atoms with van der Waals surface area (Å²) < 4.78 is 13.6. The van der Waals surface area contributed by atoms with Crippen LogP contribution in [0, 0.1) is 22.9 Å². The third-order valence-corrected chi connectivity index (χ3v) is 5.17. The van der Waals surface area contributed by atoms with Crippen LogP contribution in [-0.4, -0.2) is 28.2 Å². The van der Waals surface area contributed by atoms with Crippen molar-refractivity contribution < 1.29 is 18.9 Å². The summed E-state index contributed by atoms with van der Waals surface area (Å²) in [6, 6.07) is 15.8. The van der Waals surface area contributed by atoms with Gasteiger partial charge in [0.1, 0.15) is 12.4 Å². The summed E-state index contributed by atoms with van der Waals surface area (Å²) in [5.41, 5.74) is 2.92. The molecule has 2 amide bonds. The summed E-state index contributed by atoms with van der Waals surface area (Å²) in [6.45, 7) is 1.67. The van der Waals surface area contributed by atoms with E-state index in [1.54, 1.807) is 18.2 Å². The Kier molecular flexibility index (Phi) is 5.21. The van der Waals surface area contributed by atoms with Crippen LogP contribution in [0.4, 0.5) is 15.8 Å². The Morgan fingerprint density at radius 3 is 2.42 bits per heavy atom. The van der Waals surface area contributed by atoms with Gasteiger partial charge in [0.25, 0.3) is 11.6 Å². The van der Waals surface area contributed by atoms with E-state index in [9.17, 15) is 24.1 Å². The lowest BCUT2D eigenvalue weighted by atomic mass is 9.94. The molecule has 1 atom stereocenters. The number of hydrogen-bond acceptors (Lipinski definition) is 4. The Morgan fingerprint density at radius 2 is 1.77 bits per heavy atom. The molecule has 0 spiro atoms. The molecule has 3 aromatic carbocycles. The van der Waals surface area contributed by atoms with Crippen molar-refractivity contribution in [2.75, 3.05) is 11.9 Å². The van der Waals surface area contributed by atoms with E-state index in [0.717, 1.165) is 5.56 Å². The number of anilines is 1. The van der Waals surface area contributed by atoms with Crippen LogP contribution in [0.25, 0.3) is 0 Å². The van der Waals surface area contributed by atoms with Crippen molar-refractivity contribution >= 4 is 23.2 Å². The van der Waals surface area contributed by atoms with Crippen LogP contribution in [0.3, 0.4) is 0 Å². The third kappa shape index (κ3) is 4.00. The Balaban J connectivity index is 1.85. The van der Waals surface area contributed by atoms with E-state index in [-0.39, 0.29) is 23.7 Å². The van der Waals surface area contributed by atoms with Crippen molar-refractivity contribution in [3.63, 3.8) is 0 Å². The van der Waals surface area contributed by atoms with Crippen molar-refractivity contribution in [1.82, 2.24) is 4.90 Å². The topological polar surface area (TPSA) is 92.6 Å². The number of amides is 2. The van der Waals surface area contributed by atoms with Gasteiger partial charge in [-0.25, -0.2) is 4.39 Å². The highest BCUT2D eigenvalue weighted by Gasteiger charge is 2.34. The molecule has 7 nitrogen and oxygen atoms in total. The van der Waals surface area contributed by atoms with Crippen LogP contribution in [0.2, 0.25) is 0 Å². The molecule has 31 heavy (non-hydrogen) atoms. The van der Waals surface area contributed by atoms with Crippen LogP contribution >= 0.6 is 0 Å². The van der Waals surface area contributed by atoms with Gasteiger partial charge in [-0.1, -0.05) is 29.8 Å². The predicted octanol–water partition coefficient (Wildman–Crippen LogP) is 4.23. The summed E-state index contributed by atoms with van der Waals surface area (Å²) in [6.07, 6.45) is 0. The largest absolute Gasteiger partial charge is 0.324 e. The lowest BCUT2D eigenvalue weighted by Crippen LogP contribution is -2.39. The fraction of sp³-hybridized carbons (Fsp3) is 0.130. The van der Waals surface area contributed by atoms with Gasteiger partial charge in [0.15, 0.2) is 0 Å². The van der Waals surface area contributed by atoms with E-state index in [1.807, 2.05) is 19.1 Å². The highest BCUT2D eigenvalue weighted by molar-refractivity contribution is 6.01. The number of hydrogen-bond donors (Lipinski definition) is 1. The second-order valence-corrected chi connectivity index (χ2v) is 7.33. The van der Waals surface area contributed by atoms with Gasteiger partial charge in [0.2, 0.25) is 5.91 Å². The first-order valence-corrected chi connectivity index (χ1v) is 9.55. The Hall–Kier alpha value is -4.07. The number of benzene rings is 3. The van der Waals surface area contributed by atoms with Gasteiger partial charge < -0.3 is 10.2 Å². The maximum absolute atomic E-state index is 13.6. The Bertz CT molecular complexity index is 1180. The predicted molar refractivity (Wildman–Crippen MR) is 112 cm³/mol. The number of halogens is 1. The van der Waals surface area contributed by atoms with Crippen LogP contribution in [0.15, 0.2) is 66.7 Å². The number of nitro benzene ring substituents is 1. The molecule has 0 unspecified atom stereocenters. The monoisotopic (exact) mass is 419 g/mol. The molecule has 0 aliphatic carbocycles. The summed E-state index contributed by atoms with van der Waals surface area (Å²) in [7, 11) is 0. The summed E-state index contributed by atoms with van der Waals surface area (Å²) in [4.78, 5) is 37.8. The smallest absolute Gasteiger partial charge is 0.269 e. The molecular formula is C23H18FN3O4. The van der Waals surface area contributed by atoms with Crippen molar-refractivity contribution in [2.45, 2.75) is 13.0 Å². The van der Waals surface area contributed by atoms with Crippen molar-refractivity contribution in [3.05, 3.63) is 105 Å². The quantitative estimate of drug-likeness (QED) is 0.508. The highest BCUT2D eigenvalue weighted by atomic mass is 19.1. The van der Waals surface area contributed by atoms with E-state index in [4.69, 9.17) is 0 Å². The zero-order valence-corrected chi connectivity index (χ0v) is 16.5. The molecule has 8 heteroatoms. The number of carbonyl (C=O) groups is 2. The summed E-state index contributed by atoms with van der Waals surface area (Å²) >= 11 is 0. The normalized spacial score (nSPS) is 15.6. The molecule has 0 fully saturated rings. The molecule has 0 radical (unpaired) electrons. The van der Waals surface area contributed by atoms with Crippen LogP contribution in [0.1, 0.15) is 33.1 Å². The van der Waals surface area contributed by atoms with E-state index in [0.29, 0.717) is 16.8 Å². The van der Waals surface area contributed by atoms with Gasteiger partial charge in [-0.05, 0) is 42.8 Å². The molecule has 0 saturated heterocycles. The first-order chi connectivity index (χ1) is 14.8. The molecule has 3 aromatic rings. The molecule has 156 valence electrons. The van der Waals surface area contributed by atoms with Gasteiger partial charge in [0.05, 0.1) is 11.0 Å². The molecular weight excluding hydrogens is 401 g/mol. The zero-order chi connectivity index (χ0) is 22.1. The standard InChI is InChI=1S/C23H18FN3O4/c1-14-2-11-20-19(12-14)22(15-3-7-17(24)8-4-15)26(13-21(28)25-20)23(29)16-5-9-18(10-6-16)27(30)31/h2-12,22H,13H2,1H3,(H,25,28)/t22-/m1/s1. The molecule has 0 aromatic heterocycles. The van der Waals surface area contributed by atoms with E-state index in [1.165, 1.54) is 41.3 Å². The molecule has 1 N–H and O–H groups in total.